The van der Waals surface area contributed by atoms with Crippen molar-refractivity contribution in [2.24, 2.45) is 0 Å². The number of nitrogens with one attached hydrogen (secondary N) is 2. The number of aliphatic hydroxyl groups is 1. The van der Waals surface area contributed by atoms with Crippen LogP contribution in [0.3, 0.4) is 0 Å². The zero-order valence-electron chi connectivity index (χ0n) is 18.8. The second-order valence-corrected chi connectivity index (χ2v) is 10.8. The number of hydrogen-bond donors (Lipinski definition) is 3. The molecule has 0 aliphatic rings. The van der Waals surface area contributed by atoms with Crippen molar-refractivity contribution in [1.82, 2.24) is 15.0 Å². The first kappa shape index (κ1) is 25.8. The van der Waals surface area contributed by atoms with Gasteiger partial charge in [-0.15, -0.1) is 11.3 Å². The maximum absolute atomic E-state index is 12.5. The zero-order chi connectivity index (χ0) is 24.4. The number of thiazole rings is 1. The molecule has 182 valence electrons. The number of sulfonamides is 1. The molecule has 34 heavy (non-hydrogen) atoms. The molecule has 8 nitrogen and oxygen atoms in total. The second kappa shape index (κ2) is 12.6. The van der Waals surface area contributed by atoms with Crippen molar-refractivity contribution < 1.29 is 23.1 Å². The van der Waals surface area contributed by atoms with Gasteiger partial charge in [0.15, 0.2) is 0 Å². The van der Waals surface area contributed by atoms with E-state index < -0.39 is 34.3 Å². The molecule has 0 aliphatic carbocycles. The monoisotopic (exact) mass is 503 g/mol. The summed E-state index contributed by atoms with van der Waals surface area (Å²) in [6, 6.07) is 17.7. The number of carbonyl (C=O) groups excluding carboxylic acids is 1. The van der Waals surface area contributed by atoms with Crippen molar-refractivity contribution in [2.45, 2.75) is 44.1 Å². The Morgan fingerprint density at radius 1 is 1.06 bits per heavy atom. The van der Waals surface area contributed by atoms with Crippen molar-refractivity contribution in [3.05, 3.63) is 88.4 Å². The molecule has 3 atom stereocenters. The van der Waals surface area contributed by atoms with Gasteiger partial charge in [0.2, 0.25) is 10.0 Å². The Bertz CT molecular complexity index is 1110. The van der Waals surface area contributed by atoms with Crippen LogP contribution in [-0.2, 0) is 34.2 Å². The number of aromatic nitrogens is 1. The predicted octanol–water partition coefficient (Wildman–Crippen LogP) is 2.89. The molecule has 0 radical (unpaired) electrons. The number of nitrogens with zero attached hydrogens (tertiary/aromatic N) is 1. The van der Waals surface area contributed by atoms with Gasteiger partial charge in [-0.2, -0.15) is 0 Å². The predicted molar refractivity (Wildman–Crippen MR) is 132 cm³/mol. The van der Waals surface area contributed by atoms with Gasteiger partial charge in [0.05, 0.1) is 28.8 Å². The van der Waals surface area contributed by atoms with Crippen molar-refractivity contribution >= 4 is 27.5 Å². The quantitative estimate of drug-likeness (QED) is 0.350. The van der Waals surface area contributed by atoms with E-state index >= 15 is 0 Å². The smallest absolute Gasteiger partial charge is 0.407 e. The Labute approximate surface area is 204 Å². The van der Waals surface area contributed by atoms with E-state index in [0.29, 0.717) is 12.8 Å². The average molecular weight is 504 g/mol. The van der Waals surface area contributed by atoms with Crippen LogP contribution in [0.15, 0.2) is 72.4 Å². The van der Waals surface area contributed by atoms with Crippen LogP contribution in [0.1, 0.15) is 22.4 Å². The zero-order valence-corrected chi connectivity index (χ0v) is 20.5. The molecule has 0 unspecified atom stereocenters. The van der Waals surface area contributed by atoms with Crippen LogP contribution >= 0.6 is 11.3 Å². The summed E-state index contributed by atoms with van der Waals surface area (Å²) < 4.78 is 31.8. The molecule has 0 fully saturated rings. The molecule has 1 aromatic heterocycles. The van der Waals surface area contributed by atoms with Gasteiger partial charge in [0.25, 0.3) is 0 Å². The van der Waals surface area contributed by atoms with Gasteiger partial charge >= 0.3 is 6.09 Å². The van der Waals surface area contributed by atoms with Gasteiger partial charge in [-0.1, -0.05) is 60.7 Å². The van der Waals surface area contributed by atoms with Crippen molar-refractivity contribution in [2.75, 3.05) is 6.26 Å². The minimum atomic E-state index is -3.51. The number of alkyl carbamates (subject to hydrolysis) is 1. The van der Waals surface area contributed by atoms with Crippen molar-refractivity contribution in [3.8, 4) is 0 Å². The second-order valence-electron chi connectivity index (χ2n) is 8.06. The Morgan fingerprint density at radius 2 is 1.68 bits per heavy atom. The maximum atomic E-state index is 12.5. The van der Waals surface area contributed by atoms with Gasteiger partial charge in [0.1, 0.15) is 6.61 Å². The highest BCUT2D eigenvalue weighted by molar-refractivity contribution is 7.88. The largest absolute Gasteiger partial charge is 0.444 e. The summed E-state index contributed by atoms with van der Waals surface area (Å²) in [5.41, 5.74) is 3.51. The molecular formula is C24H29N3O5S2. The summed E-state index contributed by atoms with van der Waals surface area (Å²) in [4.78, 5) is 17.2. The van der Waals surface area contributed by atoms with E-state index in [0.717, 1.165) is 22.3 Å². The van der Waals surface area contributed by atoms with Crippen LogP contribution in [0.4, 0.5) is 4.79 Å². The number of aliphatic hydroxyl groups excluding tert-OH is 1. The lowest BCUT2D eigenvalue weighted by Crippen LogP contribution is -2.48. The molecule has 0 saturated carbocycles. The number of ether oxygens (including phenoxy) is 1. The molecule has 0 bridgehead atoms. The van der Waals surface area contributed by atoms with E-state index in [9.17, 15) is 18.3 Å². The fourth-order valence-electron chi connectivity index (χ4n) is 3.62. The van der Waals surface area contributed by atoms with Gasteiger partial charge in [0, 0.05) is 12.2 Å². The summed E-state index contributed by atoms with van der Waals surface area (Å²) in [6.45, 7) is 0.0803. The number of carbonyl (C=O) groups is 1. The Balaban J connectivity index is 1.71. The normalized spacial score (nSPS) is 14.2. The van der Waals surface area contributed by atoms with Crippen LogP contribution < -0.4 is 10.0 Å². The Morgan fingerprint density at radius 3 is 2.24 bits per heavy atom. The molecule has 0 spiro atoms. The SMILES string of the molecule is CS(=O)(=O)N[C@@H](Cc1ccccc1)C[C@H](O)[C@H](Cc1ccccc1)NC(=O)OCc1cncs1. The first-order chi connectivity index (χ1) is 16.3. The van der Waals surface area contributed by atoms with Crippen molar-refractivity contribution in [1.29, 1.82) is 0 Å². The van der Waals surface area contributed by atoms with Crippen LogP contribution in [0.25, 0.3) is 0 Å². The molecule has 3 rings (SSSR count). The Kier molecular flexibility index (Phi) is 9.58. The summed E-state index contributed by atoms with van der Waals surface area (Å²) in [7, 11) is -3.51. The van der Waals surface area contributed by atoms with Crippen molar-refractivity contribution in [3.63, 3.8) is 0 Å². The fourth-order valence-corrected chi connectivity index (χ4v) is 4.92. The average Bonchev–Trinajstić information content (AvgIpc) is 3.31. The summed E-state index contributed by atoms with van der Waals surface area (Å²) in [6.07, 6.45) is 1.89. The van der Waals surface area contributed by atoms with Crippen LogP contribution in [0.2, 0.25) is 0 Å². The number of benzene rings is 2. The highest BCUT2D eigenvalue weighted by atomic mass is 32.2. The lowest BCUT2D eigenvalue weighted by atomic mass is 9.94. The molecule has 0 saturated heterocycles. The van der Waals surface area contributed by atoms with E-state index in [4.69, 9.17) is 4.74 Å². The molecule has 1 heterocycles. The van der Waals surface area contributed by atoms with Crippen LogP contribution in [0, 0.1) is 0 Å². The fraction of sp³-hybridized carbons (Fsp3) is 0.333. The van der Waals surface area contributed by atoms with E-state index in [-0.39, 0.29) is 13.0 Å². The van der Waals surface area contributed by atoms with Gasteiger partial charge in [-0.05, 0) is 30.4 Å². The number of hydrogen-bond acceptors (Lipinski definition) is 7. The Hall–Kier alpha value is -2.79. The third-order valence-electron chi connectivity index (χ3n) is 5.13. The maximum Gasteiger partial charge on any atom is 0.407 e. The molecule has 1 amide bonds. The highest BCUT2D eigenvalue weighted by Gasteiger charge is 2.27. The van der Waals surface area contributed by atoms with Gasteiger partial charge in [-0.3, -0.25) is 4.98 Å². The summed E-state index contributed by atoms with van der Waals surface area (Å²) >= 11 is 1.38. The van der Waals surface area contributed by atoms with Gasteiger partial charge in [-0.25, -0.2) is 17.9 Å². The highest BCUT2D eigenvalue weighted by Crippen LogP contribution is 2.15. The van der Waals surface area contributed by atoms with E-state index in [1.807, 2.05) is 60.7 Å². The molecule has 3 aromatic rings. The summed E-state index contributed by atoms with van der Waals surface area (Å²) in [5.74, 6) is 0. The summed E-state index contributed by atoms with van der Waals surface area (Å²) in [5, 5.41) is 13.9. The first-order valence-electron chi connectivity index (χ1n) is 10.8. The number of amides is 1. The third kappa shape index (κ3) is 9.22. The van der Waals surface area contributed by atoms with Crippen LogP contribution in [-0.4, -0.2) is 49.0 Å². The minimum absolute atomic E-state index is 0.0803. The lowest BCUT2D eigenvalue weighted by Gasteiger charge is -2.28. The standard InChI is InChI=1S/C24H29N3O5S2/c1-34(30,31)27-20(12-18-8-4-2-5-9-18)14-23(28)22(13-19-10-6-3-7-11-19)26-24(29)32-16-21-15-25-17-33-21/h2-11,15,17,20,22-23,27-28H,12-14,16H2,1H3,(H,26,29)/t20-,22-,23-/m0/s1. The van der Waals surface area contributed by atoms with Gasteiger partial charge < -0.3 is 15.2 Å². The van der Waals surface area contributed by atoms with E-state index in [1.54, 1.807) is 11.7 Å². The third-order valence-corrected chi connectivity index (χ3v) is 6.64. The minimum Gasteiger partial charge on any atom is -0.444 e. The number of rotatable bonds is 12. The van der Waals surface area contributed by atoms with E-state index in [1.165, 1.54) is 11.3 Å². The molecular weight excluding hydrogens is 474 g/mol. The lowest BCUT2D eigenvalue weighted by molar-refractivity contribution is 0.0913. The van der Waals surface area contributed by atoms with E-state index in [2.05, 4.69) is 15.0 Å². The van der Waals surface area contributed by atoms with Crippen LogP contribution in [0.5, 0.6) is 0 Å². The first-order valence-corrected chi connectivity index (χ1v) is 13.6. The molecule has 3 N–H and O–H groups in total. The molecule has 10 heteroatoms. The molecule has 0 aliphatic heterocycles. The molecule has 2 aromatic carbocycles. The topological polar surface area (TPSA) is 118 Å².